The molecule has 2 aromatic carbocycles. The number of aryl methyl sites for hydroxylation is 2. The van der Waals surface area contributed by atoms with E-state index in [0.717, 1.165) is 5.75 Å². The Morgan fingerprint density at radius 1 is 1.05 bits per heavy atom. The van der Waals surface area contributed by atoms with Crippen LogP contribution in [-0.2, 0) is 0 Å². The lowest BCUT2D eigenvalue weighted by atomic mass is 10.0. The molecule has 0 aliphatic rings. The molecule has 0 heterocycles. The van der Waals surface area contributed by atoms with Gasteiger partial charge in [-0.1, -0.05) is 48.0 Å². The minimum absolute atomic E-state index is 0.423. The number of nitrogens with two attached hydrogens (primary N) is 1. The third-order valence-corrected chi connectivity index (χ3v) is 4.66. The summed E-state index contributed by atoms with van der Waals surface area (Å²) in [4.78, 5) is 1.36. The molecule has 2 heteroatoms. The van der Waals surface area contributed by atoms with Crippen LogP contribution in [0.4, 0.5) is 0 Å². The van der Waals surface area contributed by atoms with Gasteiger partial charge in [0.05, 0.1) is 0 Å². The Hall–Kier alpha value is -1.25. The van der Waals surface area contributed by atoms with E-state index in [0.29, 0.717) is 12.5 Å². The summed E-state index contributed by atoms with van der Waals surface area (Å²) < 4.78 is 0. The van der Waals surface area contributed by atoms with Crippen LogP contribution in [0.1, 0.15) is 22.6 Å². The molecule has 0 aromatic heterocycles. The van der Waals surface area contributed by atoms with Crippen molar-refractivity contribution in [1.29, 1.82) is 0 Å². The molecule has 0 amide bonds. The largest absolute Gasteiger partial charge is 0.330 e. The van der Waals surface area contributed by atoms with Crippen LogP contribution in [0.2, 0.25) is 0 Å². The van der Waals surface area contributed by atoms with Gasteiger partial charge in [0.2, 0.25) is 0 Å². The van der Waals surface area contributed by atoms with E-state index in [2.05, 4.69) is 56.3 Å². The van der Waals surface area contributed by atoms with E-state index in [-0.39, 0.29) is 0 Å². The molecule has 0 aliphatic carbocycles. The highest BCUT2D eigenvalue weighted by Crippen LogP contribution is 2.28. The first-order valence-electron chi connectivity index (χ1n) is 6.65. The highest BCUT2D eigenvalue weighted by atomic mass is 32.2. The smallest absolute Gasteiger partial charge is 0.0102 e. The van der Waals surface area contributed by atoms with Crippen molar-refractivity contribution in [3.63, 3.8) is 0 Å². The monoisotopic (exact) mass is 271 g/mol. The molecule has 19 heavy (non-hydrogen) atoms. The number of thioether (sulfide) groups is 1. The highest BCUT2D eigenvalue weighted by molar-refractivity contribution is 7.99. The van der Waals surface area contributed by atoms with Gasteiger partial charge in [-0.25, -0.2) is 0 Å². The SMILES string of the molecule is Cc1ccc(SCC(CN)c2ccccc2)c(C)c1. The molecule has 0 fully saturated rings. The second-order valence-electron chi connectivity index (χ2n) is 4.92. The van der Waals surface area contributed by atoms with Crippen LogP contribution in [0, 0.1) is 13.8 Å². The molecule has 0 aliphatic heterocycles. The molecule has 1 nitrogen and oxygen atoms in total. The van der Waals surface area contributed by atoms with Crippen molar-refractivity contribution < 1.29 is 0 Å². The van der Waals surface area contributed by atoms with Crippen LogP contribution >= 0.6 is 11.8 Å². The van der Waals surface area contributed by atoms with Gasteiger partial charge in [-0.15, -0.1) is 11.8 Å². The van der Waals surface area contributed by atoms with Gasteiger partial charge in [0.1, 0.15) is 0 Å². The van der Waals surface area contributed by atoms with E-state index in [1.807, 2.05) is 17.8 Å². The van der Waals surface area contributed by atoms with E-state index in [4.69, 9.17) is 5.73 Å². The van der Waals surface area contributed by atoms with E-state index in [1.165, 1.54) is 21.6 Å². The second-order valence-corrected chi connectivity index (χ2v) is 5.99. The van der Waals surface area contributed by atoms with Crippen molar-refractivity contribution in [3.05, 3.63) is 65.2 Å². The average Bonchev–Trinajstić information content (AvgIpc) is 2.43. The van der Waals surface area contributed by atoms with Gasteiger partial charge in [0.25, 0.3) is 0 Å². The molecule has 2 N–H and O–H groups in total. The van der Waals surface area contributed by atoms with E-state index in [9.17, 15) is 0 Å². The zero-order valence-electron chi connectivity index (χ0n) is 11.6. The molecule has 0 bridgehead atoms. The molecule has 2 aromatic rings. The van der Waals surface area contributed by atoms with Crippen LogP contribution in [0.25, 0.3) is 0 Å². The van der Waals surface area contributed by atoms with Gasteiger partial charge in [-0.2, -0.15) is 0 Å². The number of hydrogen-bond acceptors (Lipinski definition) is 2. The minimum Gasteiger partial charge on any atom is -0.330 e. The average molecular weight is 271 g/mol. The van der Waals surface area contributed by atoms with Crippen molar-refractivity contribution in [2.75, 3.05) is 12.3 Å². The molecular formula is C17H21NS. The number of hydrogen-bond donors (Lipinski definition) is 1. The fraction of sp³-hybridized carbons (Fsp3) is 0.294. The minimum atomic E-state index is 0.423. The first-order valence-corrected chi connectivity index (χ1v) is 7.64. The van der Waals surface area contributed by atoms with Crippen molar-refractivity contribution in [2.45, 2.75) is 24.7 Å². The molecular weight excluding hydrogens is 250 g/mol. The Morgan fingerprint density at radius 2 is 1.79 bits per heavy atom. The van der Waals surface area contributed by atoms with Crippen LogP contribution in [0.5, 0.6) is 0 Å². The topological polar surface area (TPSA) is 26.0 Å². The summed E-state index contributed by atoms with van der Waals surface area (Å²) in [6, 6.07) is 17.2. The summed E-state index contributed by atoms with van der Waals surface area (Å²) in [7, 11) is 0. The Bertz CT molecular complexity index is 522. The summed E-state index contributed by atoms with van der Waals surface area (Å²) in [6.45, 7) is 5.01. The van der Waals surface area contributed by atoms with Crippen LogP contribution in [0.3, 0.4) is 0 Å². The van der Waals surface area contributed by atoms with E-state index < -0.39 is 0 Å². The lowest BCUT2D eigenvalue weighted by molar-refractivity contribution is 0.785. The van der Waals surface area contributed by atoms with Crippen molar-refractivity contribution >= 4 is 11.8 Å². The Kier molecular flexibility index (Phi) is 5.06. The first kappa shape index (κ1) is 14.2. The zero-order chi connectivity index (χ0) is 13.7. The molecule has 0 saturated carbocycles. The van der Waals surface area contributed by atoms with E-state index >= 15 is 0 Å². The fourth-order valence-electron chi connectivity index (χ4n) is 2.18. The quantitative estimate of drug-likeness (QED) is 0.827. The Morgan fingerprint density at radius 3 is 2.42 bits per heavy atom. The maximum absolute atomic E-state index is 5.92. The molecule has 2 rings (SSSR count). The maximum Gasteiger partial charge on any atom is 0.0102 e. The Labute approximate surface area is 120 Å². The van der Waals surface area contributed by atoms with Crippen molar-refractivity contribution in [1.82, 2.24) is 0 Å². The normalized spacial score (nSPS) is 12.4. The molecule has 0 spiro atoms. The lowest BCUT2D eigenvalue weighted by Gasteiger charge is -2.15. The zero-order valence-corrected chi connectivity index (χ0v) is 12.4. The van der Waals surface area contributed by atoms with Gasteiger partial charge in [0.15, 0.2) is 0 Å². The van der Waals surface area contributed by atoms with Gasteiger partial charge >= 0.3 is 0 Å². The fourth-order valence-corrected chi connectivity index (χ4v) is 3.34. The standard InChI is InChI=1S/C17H21NS/c1-13-8-9-17(14(2)10-13)19-12-16(11-18)15-6-4-3-5-7-15/h3-10,16H,11-12,18H2,1-2H3. The van der Waals surface area contributed by atoms with Crippen molar-refractivity contribution in [3.8, 4) is 0 Å². The molecule has 0 saturated heterocycles. The number of rotatable bonds is 5. The van der Waals surface area contributed by atoms with E-state index in [1.54, 1.807) is 0 Å². The summed E-state index contributed by atoms with van der Waals surface area (Å²) >= 11 is 1.90. The molecule has 1 unspecified atom stereocenters. The summed E-state index contributed by atoms with van der Waals surface area (Å²) in [6.07, 6.45) is 0. The summed E-state index contributed by atoms with van der Waals surface area (Å²) in [5.41, 5.74) is 9.93. The van der Waals surface area contributed by atoms with Gasteiger partial charge < -0.3 is 5.73 Å². The van der Waals surface area contributed by atoms with Gasteiger partial charge in [-0.3, -0.25) is 0 Å². The van der Waals surface area contributed by atoms with Crippen LogP contribution < -0.4 is 5.73 Å². The first-order chi connectivity index (χ1) is 9.20. The summed E-state index contributed by atoms with van der Waals surface area (Å²) in [5.74, 6) is 1.46. The maximum atomic E-state index is 5.92. The third-order valence-electron chi connectivity index (χ3n) is 3.33. The van der Waals surface area contributed by atoms with Gasteiger partial charge in [0, 0.05) is 16.6 Å². The lowest BCUT2D eigenvalue weighted by Crippen LogP contribution is -2.14. The van der Waals surface area contributed by atoms with Gasteiger partial charge in [-0.05, 0) is 37.6 Å². The van der Waals surface area contributed by atoms with Crippen LogP contribution in [0.15, 0.2) is 53.4 Å². The molecule has 100 valence electrons. The Balaban J connectivity index is 2.04. The highest BCUT2D eigenvalue weighted by Gasteiger charge is 2.10. The predicted molar refractivity (Wildman–Crippen MR) is 84.9 cm³/mol. The second kappa shape index (κ2) is 6.78. The third kappa shape index (κ3) is 3.85. The predicted octanol–water partition coefficient (Wildman–Crippen LogP) is 4.14. The molecule has 0 radical (unpaired) electrons. The number of benzene rings is 2. The molecule has 1 atom stereocenters. The van der Waals surface area contributed by atoms with Crippen molar-refractivity contribution in [2.24, 2.45) is 5.73 Å². The van der Waals surface area contributed by atoms with Crippen LogP contribution in [-0.4, -0.2) is 12.3 Å². The summed E-state index contributed by atoms with van der Waals surface area (Å²) in [5, 5.41) is 0.